The van der Waals surface area contributed by atoms with Gasteiger partial charge in [0.05, 0.1) is 6.20 Å². The second kappa shape index (κ2) is 7.82. The lowest BCUT2D eigenvalue weighted by Gasteiger charge is -2.20. The third kappa shape index (κ3) is 4.47. The van der Waals surface area contributed by atoms with Crippen LogP contribution in [0.25, 0.3) is 0 Å². The summed E-state index contributed by atoms with van der Waals surface area (Å²) in [5, 5.41) is 4.38. The predicted octanol–water partition coefficient (Wildman–Crippen LogP) is 2.25. The first-order valence-corrected chi connectivity index (χ1v) is 7.29. The van der Waals surface area contributed by atoms with Crippen molar-refractivity contribution in [3.8, 4) is 0 Å². The summed E-state index contributed by atoms with van der Waals surface area (Å²) in [5.74, 6) is 0. The van der Waals surface area contributed by atoms with Crippen molar-refractivity contribution >= 4 is 0 Å². The van der Waals surface area contributed by atoms with Gasteiger partial charge in [0.1, 0.15) is 0 Å². The van der Waals surface area contributed by atoms with Gasteiger partial charge in [-0.25, -0.2) is 0 Å². The van der Waals surface area contributed by atoms with Crippen molar-refractivity contribution < 1.29 is 0 Å². The molecule has 108 valence electrons. The molecule has 0 unspecified atom stereocenters. The minimum atomic E-state index is 0.677. The molecule has 0 saturated carbocycles. The Morgan fingerprint density at radius 2 is 1.90 bits per heavy atom. The summed E-state index contributed by atoms with van der Waals surface area (Å²) in [6, 6.07) is 10.5. The lowest BCUT2D eigenvalue weighted by atomic mass is 10.2. The molecule has 0 amide bonds. The molecule has 0 saturated heterocycles. The first-order chi connectivity index (χ1) is 9.81. The Bertz CT molecular complexity index is 492. The van der Waals surface area contributed by atoms with Gasteiger partial charge in [-0.3, -0.25) is 9.58 Å². The quantitative estimate of drug-likeness (QED) is 0.802. The van der Waals surface area contributed by atoms with Crippen LogP contribution < -0.4 is 5.73 Å². The van der Waals surface area contributed by atoms with Crippen molar-refractivity contribution in [3.05, 3.63) is 53.9 Å². The molecule has 0 bridgehead atoms. The van der Waals surface area contributed by atoms with Crippen LogP contribution in [0.1, 0.15) is 24.5 Å². The van der Waals surface area contributed by atoms with Gasteiger partial charge in [-0.2, -0.15) is 5.10 Å². The molecule has 0 fully saturated rings. The van der Waals surface area contributed by atoms with Crippen LogP contribution in [-0.4, -0.2) is 27.8 Å². The summed E-state index contributed by atoms with van der Waals surface area (Å²) >= 11 is 0. The van der Waals surface area contributed by atoms with E-state index in [1.54, 1.807) is 0 Å². The molecule has 2 rings (SSSR count). The molecule has 0 aliphatic heterocycles. The van der Waals surface area contributed by atoms with Crippen LogP contribution in [0.5, 0.6) is 0 Å². The van der Waals surface area contributed by atoms with E-state index in [9.17, 15) is 0 Å². The molecule has 4 heteroatoms. The van der Waals surface area contributed by atoms with Gasteiger partial charge in [0, 0.05) is 44.5 Å². The Balaban J connectivity index is 1.97. The standard InChI is InChI=1S/C16H24N4/c1-2-9-20-14-16(11-18-20)13-19(10-8-17)12-15-6-4-3-5-7-15/h3-7,11,14H,2,8-10,12-13,17H2,1H3. The monoisotopic (exact) mass is 272 g/mol. The number of rotatable bonds is 8. The maximum atomic E-state index is 5.73. The van der Waals surface area contributed by atoms with Crippen molar-refractivity contribution in [1.29, 1.82) is 0 Å². The Labute approximate surface area is 121 Å². The molecule has 0 spiro atoms. The summed E-state index contributed by atoms with van der Waals surface area (Å²) in [4.78, 5) is 2.36. The van der Waals surface area contributed by atoms with Crippen molar-refractivity contribution in [2.75, 3.05) is 13.1 Å². The smallest absolute Gasteiger partial charge is 0.0534 e. The highest BCUT2D eigenvalue weighted by Gasteiger charge is 2.08. The fraction of sp³-hybridized carbons (Fsp3) is 0.438. The fourth-order valence-electron chi connectivity index (χ4n) is 2.34. The second-order valence-electron chi connectivity index (χ2n) is 5.10. The van der Waals surface area contributed by atoms with Crippen LogP contribution >= 0.6 is 0 Å². The maximum absolute atomic E-state index is 5.73. The molecule has 2 N–H and O–H groups in total. The highest BCUT2D eigenvalue weighted by molar-refractivity contribution is 5.15. The van der Waals surface area contributed by atoms with Crippen LogP contribution in [0.15, 0.2) is 42.7 Å². The number of benzene rings is 1. The molecule has 0 radical (unpaired) electrons. The number of hydrogen-bond donors (Lipinski definition) is 1. The van der Waals surface area contributed by atoms with Crippen LogP contribution in [0, 0.1) is 0 Å². The van der Waals surface area contributed by atoms with E-state index >= 15 is 0 Å². The molecule has 1 aromatic heterocycles. The summed E-state index contributed by atoms with van der Waals surface area (Å²) in [5.41, 5.74) is 8.30. The van der Waals surface area contributed by atoms with Gasteiger partial charge in [0.25, 0.3) is 0 Å². The normalized spacial score (nSPS) is 11.2. The zero-order chi connectivity index (χ0) is 14.2. The Morgan fingerprint density at radius 1 is 1.15 bits per heavy atom. The molecule has 1 aromatic carbocycles. The van der Waals surface area contributed by atoms with E-state index in [1.165, 1.54) is 11.1 Å². The zero-order valence-corrected chi connectivity index (χ0v) is 12.2. The third-order valence-electron chi connectivity index (χ3n) is 3.24. The van der Waals surface area contributed by atoms with E-state index in [4.69, 9.17) is 5.73 Å². The Morgan fingerprint density at radius 3 is 2.60 bits per heavy atom. The predicted molar refractivity (Wildman–Crippen MR) is 82.1 cm³/mol. The first kappa shape index (κ1) is 14.8. The highest BCUT2D eigenvalue weighted by atomic mass is 15.3. The fourth-order valence-corrected chi connectivity index (χ4v) is 2.34. The molecular weight excluding hydrogens is 248 g/mol. The molecule has 0 atom stereocenters. The number of nitrogens with two attached hydrogens (primary N) is 1. The lowest BCUT2D eigenvalue weighted by Crippen LogP contribution is -2.28. The third-order valence-corrected chi connectivity index (χ3v) is 3.24. The summed E-state index contributed by atoms with van der Waals surface area (Å²) < 4.78 is 2.01. The Kier molecular flexibility index (Phi) is 5.77. The number of hydrogen-bond acceptors (Lipinski definition) is 3. The first-order valence-electron chi connectivity index (χ1n) is 7.29. The Hall–Kier alpha value is -1.65. The summed E-state index contributed by atoms with van der Waals surface area (Å²) in [6.07, 6.45) is 5.21. The highest BCUT2D eigenvalue weighted by Crippen LogP contribution is 2.09. The topological polar surface area (TPSA) is 47.1 Å². The maximum Gasteiger partial charge on any atom is 0.0534 e. The van der Waals surface area contributed by atoms with Crippen molar-refractivity contribution in [2.45, 2.75) is 33.0 Å². The van der Waals surface area contributed by atoms with Crippen LogP contribution in [0.3, 0.4) is 0 Å². The van der Waals surface area contributed by atoms with Gasteiger partial charge in [0.2, 0.25) is 0 Å². The number of aryl methyl sites for hydroxylation is 1. The van der Waals surface area contributed by atoms with E-state index in [0.29, 0.717) is 6.54 Å². The molecular formula is C16H24N4. The van der Waals surface area contributed by atoms with E-state index in [-0.39, 0.29) is 0 Å². The zero-order valence-electron chi connectivity index (χ0n) is 12.2. The SMILES string of the molecule is CCCn1cc(CN(CCN)Cc2ccccc2)cn1. The molecule has 20 heavy (non-hydrogen) atoms. The second-order valence-corrected chi connectivity index (χ2v) is 5.10. The van der Waals surface area contributed by atoms with Crippen LogP contribution in [0.2, 0.25) is 0 Å². The minimum Gasteiger partial charge on any atom is -0.329 e. The van der Waals surface area contributed by atoms with E-state index in [0.717, 1.165) is 32.6 Å². The molecule has 2 aromatic rings. The van der Waals surface area contributed by atoms with Gasteiger partial charge < -0.3 is 5.73 Å². The van der Waals surface area contributed by atoms with Gasteiger partial charge in [-0.1, -0.05) is 37.3 Å². The molecule has 0 aliphatic carbocycles. The van der Waals surface area contributed by atoms with E-state index < -0.39 is 0 Å². The van der Waals surface area contributed by atoms with Gasteiger partial charge >= 0.3 is 0 Å². The van der Waals surface area contributed by atoms with Crippen molar-refractivity contribution in [1.82, 2.24) is 14.7 Å². The molecule has 1 heterocycles. The van der Waals surface area contributed by atoms with E-state index in [2.05, 4.69) is 47.4 Å². The number of aromatic nitrogens is 2. The van der Waals surface area contributed by atoms with Gasteiger partial charge in [-0.05, 0) is 12.0 Å². The number of nitrogens with zero attached hydrogens (tertiary/aromatic N) is 3. The van der Waals surface area contributed by atoms with Gasteiger partial charge in [-0.15, -0.1) is 0 Å². The molecule has 4 nitrogen and oxygen atoms in total. The van der Waals surface area contributed by atoms with Crippen LogP contribution in [-0.2, 0) is 19.6 Å². The average Bonchev–Trinajstić information content (AvgIpc) is 2.88. The van der Waals surface area contributed by atoms with Crippen molar-refractivity contribution in [3.63, 3.8) is 0 Å². The van der Waals surface area contributed by atoms with Gasteiger partial charge in [0.15, 0.2) is 0 Å². The molecule has 0 aliphatic rings. The van der Waals surface area contributed by atoms with Crippen LogP contribution in [0.4, 0.5) is 0 Å². The summed E-state index contributed by atoms with van der Waals surface area (Å²) in [7, 11) is 0. The average molecular weight is 272 g/mol. The van der Waals surface area contributed by atoms with Crippen molar-refractivity contribution in [2.24, 2.45) is 5.73 Å². The lowest BCUT2D eigenvalue weighted by molar-refractivity contribution is 0.264. The largest absolute Gasteiger partial charge is 0.329 e. The summed E-state index contributed by atoms with van der Waals surface area (Å²) in [6.45, 7) is 6.55. The minimum absolute atomic E-state index is 0.677. The van der Waals surface area contributed by atoms with E-state index in [1.807, 2.05) is 16.9 Å².